The van der Waals surface area contributed by atoms with Crippen molar-refractivity contribution in [3.05, 3.63) is 77.0 Å². The fourth-order valence-corrected chi connectivity index (χ4v) is 4.63. The molecule has 2 aliphatic rings. The van der Waals surface area contributed by atoms with E-state index in [1.165, 1.54) is 12.1 Å². The molecule has 1 N–H and O–H groups in total. The van der Waals surface area contributed by atoms with Crippen LogP contribution in [-0.4, -0.2) is 16.9 Å². The van der Waals surface area contributed by atoms with Gasteiger partial charge in [-0.15, -0.1) is 0 Å². The normalized spacial score (nSPS) is 26.5. The molecule has 1 aliphatic carbocycles. The van der Waals surface area contributed by atoms with Crippen molar-refractivity contribution in [1.82, 2.24) is 0 Å². The van der Waals surface area contributed by atoms with E-state index >= 15 is 0 Å². The summed E-state index contributed by atoms with van der Waals surface area (Å²) < 4.78 is 19.3. The molecule has 3 unspecified atom stereocenters. The third-order valence-corrected chi connectivity index (χ3v) is 6.24. The third kappa shape index (κ3) is 2.78. The van der Waals surface area contributed by atoms with E-state index in [2.05, 4.69) is 6.58 Å². The Morgan fingerprint density at radius 1 is 1.38 bits per heavy atom. The molecule has 1 fully saturated rings. The van der Waals surface area contributed by atoms with Gasteiger partial charge in [-0.25, -0.2) is 9.29 Å². The lowest BCUT2D eigenvalue weighted by Gasteiger charge is -2.38. The summed E-state index contributed by atoms with van der Waals surface area (Å²) >= 11 is 5.88. The second-order valence-electron chi connectivity index (χ2n) is 7.45. The van der Waals surface area contributed by atoms with Gasteiger partial charge < -0.3 is 9.52 Å². The van der Waals surface area contributed by atoms with E-state index in [1.54, 1.807) is 25.1 Å². The third-order valence-electron chi connectivity index (χ3n) is 5.95. The molecule has 29 heavy (non-hydrogen) atoms. The Labute approximate surface area is 172 Å². The summed E-state index contributed by atoms with van der Waals surface area (Å²) in [5.74, 6) is -1.71. The first-order valence-electron chi connectivity index (χ1n) is 9.18. The zero-order valence-electron chi connectivity index (χ0n) is 15.7. The summed E-state index contributed by atoms with van der Waals surface area (Å²) in [6.07, 6.45) is 3.91. The second-order valence-corrected chi connectivity index (χ2v) is 7.86. The van der Waals surface area contributed by atoms with Gasteiger partial charge in [0, 0.05) is 0 Å². The molecule has 1 saturated heterocycles. The molecule has 0 saturated carbocycles. The van der Waals surface area contributed by atoms with Gasteiger partial charge in [0.2, 0.25) is 11.8 Å². The highest BCUT2D eigenvalue weighted by Crippen LogP contribution is 2.57. The van der Waals surface area contributed by atoms with Crippen molar-refractivity contribution < 1.29 is 23.5 Å². The van der Waals surface area contributed by atoms with E-state index in [1.807, 2.05) is 6.08 Å². The number of fused-ring (bicyclic) bond motifs is 1. The molecule has 5 nitrogen and oxygen atoms in total. The van der Waals surface area contributed by atoms with Crippen molar-refractivity contribution in [3.8, 4) is 0 Å². The number of furan rings is 1. The number of aliphatic hydroxyl groups is 1. The van der Waals surface area contributed by atoms with Crippen LogP contribution in [0.4, 0.5) is 10.1 Å². The number of aliphatic hydroxyl groups excluding tert-OH is 1. The molecule has 1 aromatic carbocycles. The van der Waals surface area contributed by atoms with Crippen LogP contribution in [0, 0.1) is 17.2 Å². The summed E-state index contributed by atoms with van der Waals surface area (Å²) in [7, 11) is 0. The molecule has 4 rings (SSSR count). The van der Waals surface area contributed by atoms with Gasteiger partial charge in [-0.05, 0) is 49.2 Å². The van der Waals surface area contributed by atoms with Gasteiger partial charge in [0.05, 0.1) is 28.0 Å². The van der Waals surface area contributed by atoms with Gasteiger partial charge in [0.15, 0.2) is 0 Å². The number of rotatable bonds is 4. The minimum Gasteiger partial charge on any atom is -0.463 e. The molecule has 0 bridgehead atoms. The fraction of sp³-hybridized carbons (Fsp3) is 0.273. The smallest absolute Gasteiger partial charge is 0.241 e. The molecule has 0 radical (unpaired) electrons. The highest BCUT2D eigenvalue weighted by molar-refractivity contribution is 6.31. The molecule has 1 aromatic heterocycles. The number of halogens is 2. The summed E-state index contributed by atoms with van der Waals surface area (Å²) in [6, 6.07) is 7.12. The minimum absolute atomic E-state index is 0.164. The Morgan fingerprint density at radius 2 is 2.14 bits per heavy atom. The number of benzene rings is 1. The molecule has 0 spiro atoms. The average molecular weight is 416 g/mol. The number of nitrogens with zero attached hydrogens (tertiary/aromatic N) is 1. The Morgan fingerprint density at radius 3 is 2.76 bits per heavy atom. The Bertz CT molecular complexity index is 1060. The van der Waals surface area contributed by atoms with Crippen LogP contribution < -0.4 is 4.90 Å². The lowest BCUT2D eigenvalue weighted by atomic mass is 9.61. The van der Waals surface area contributed by atoms with Crippen molar-refractivity contribution >= 4 is 29.1 Å². The number of carbonyl (C=O) groups excluding carboxylic acids is 2. The molecule has 150 valence electrons. The molecular weight excluding hydrogens is 397 g/mol. The molecule has 7 heteroatoms. The maximum Gasteiger partial charge on any atom is 0.241 e. The lowest BCUT2D eigenvalue weighted by molar-refractivity contribution is -0.127. The maximum absolute atomic E-state index is 13.6. The molecule has 2 amide bonds. The highest BCUT2D eigenvalue weighted by atomic mass is 35.5. The van der Waals surface area contributed by atoms with Crippen molar-refractivity contribution in [2.24, 2.45) is 11.3 Å². The van der Waals surface area contributed by atoms with Crippen LogP contribution >= 0.6 is 11.6 Å². The highest BCUT2D eigenvalue weighted by Gasteiger charge is 2.62. The Balaban J connectivity index is 1.84. The van der Waals surface area contributed by atoms with Crippen LogP contribution in [0.2, 0.25) is 5.02 Å². The SMILES string of the molecule is C=CC1=CCC2C(=O)N(c3ccc(F)c(Cl)c3)C(=O)C2(C)C1c1ccc(CO)o1. The number of hydrogen-bond acceptors (Lipinski definition) is 4. The van der Waals surface area contributed by atoms with Gasteiger partial charge in [-0.2, -0.15) is 0 Å². The fourth-order valence-electron chi connectivity index (χ4n) is 4.45. The number of hydrogen-bond donors (Lipinski definition) is 1. The number of carbonyl (C=O) groups is 2. The minimum atomic E-state index is -1.12. The zero-order chi connectivity index (χ0) is 20.9. The quantitative estimate of drug-likeness (QED) is 0.753. The van der Waals surface area contributed by atoms with Gasteiger partial charge in [-0.1, -0.05) is 30.3 Å². The molecular formula is C22H19ClFNO4. The van der Waals surface area contributed by atoms with Crippen molar-refractivity contribution in [3.63, 3.8) is 0 Å². The van der Waals surface area contributed by atoms with Crippen LogP contribution in [-0.2, 0) is 16.2 Å². The number of anilines is 1. The first kappa shape index (κ1) is 19.6. The first-order valence-corrected chi connectivity index (χ1v) is 9.56. The van der Waals surface area contributed by atoms with E-state index in [0.29, 0.717) is 17.9 Å². The zero-order valence-corrected chi connectivity index (χ0v) is 16.4. The van der Waals surface area contributed by atoms with Crippen molar-refractivity contribution in [2.75, 3.05) is 4.90 Å². The maximum atomic E-state index is 13.6. The Hall–Kier alpha value is -2.70. The topological polar surface area (TPSA) is 70.8 Å². The van der Waals surface area contributed by atoms with Crippen molar-refractivity contribution in [1.29, 1.82) is 0 Å². The summed E-state index contributed by atoms with van der Waals surface area (Å²) in [5.41, 5.74) is -0.111. The summed E-state index contributed by atoms with van der Waals surface area (Å²) in [5, 5.41) is 9.19. The second kappa shape index (κ2) is 6.97. The predicted molar refractivity (Wildman–Crippen MR) is 106 cm³/mol. The van der Waals surface area contributed by atoms with Crippen LogP contribution in [0.3, 0.4) is 0 Å². The number of allylic oxidation sites excluding steroid dienone is 3. The monoisotopic (exact) mass is 415 g/mol. The van der Waals surface area contributed by atoms with Crippen molar-refractivity contribution in [2.45, 2.75) is 25.9 Å². The van der Waals surface area contributed by atoms with Gasteiger partial charge in [0.1, 0.15) is 23.9 Å². The standard InChI is InChI=1S/C22H19ClFNO4/c1-3-12-4-7-15-20(27)25(13-5-8-17(24)16(23)10-13)21(28)22(15,2)19(12)18-9-6-14(11-26)29-18/h3-6,8-10,15,19,26H,1,7,11H2,2H3. The Kier molecular flexibility index (Phi) is 4.71. The lowest BCUT2D eigenvalue weighted by Crippen LogP contribution is -2.41. The summed E-state index contributed by atoms with van der Waals surface area (Å²) in [6.45, 7) is 5.32. The van der Waals surface area contributed by atoms with Gasteiger partial charge in [-0.3, -0.25) is 9.59 Å². The largest absolute Gasteiger partial charge is 0.463 e. The van der Waals surface area contributed by atoms with E-state index in [-0.39, 0.29) is 23.2 Å². The molecule has 1 aliphatic heterocycles. The molecule has 2 heterocycles. The average Bonchev–Trinajstić information content (AvgIpc) is 3.25. The summed E-state index contributed by atoms with van der Waals surface area (Å²) in [4.78, 5) is 27.9. The van der Waals surface area contributed by atoms with E-state index in [4.69, 9.17) is 16.0 Å². The number of imide groups is 1. The first-order chi connectivity index (χ1) is 13.8. The van der Waals surface area contributed by atoms with Gasteiger partial charge >= 0.3 is 0 Å². The van der Waals surface area contributed by atoms with E-state index in [9.17, 15) is 19.1 Å². The van der Waals surface area contributed by atoms with Crippen LogP contribution in [0.1, 0.15) is 30.8 Å². The predicted octanol–water partition coefficient (Wildman–Crippen LogP) is 4.36. The molecule has 3 atom stereocenters. The van der Waals surface area contributed by atoms with Gasteiger partial charge in [0.25, 0.3) is 0 Å². The van der Waals surface area contributed by atoms with Crippen LogP contribution in [0.5, 0.6) is 0 Å². The van der Waals surface area contributed by atoms with Crippen LogP contribution in [0.25, 0.3) is 0 Å². The van der Waals surface area contributed by atoms with E-state index < -0.39 is 29.0 Å². The molecule has 2 aromatic rings. The van der Waals surface area contributed by atoms with Crippen LogP contribution in [0.15, 0.2) is 59.1 Å². The van der Waals surface area contributed by atoms with E-state index in [0.717, 1.165) is 16.5 Å². The number of amides is 2.